The maximum absolute atomic E-state index is 12.3. The lowest BCUT2D eigenvalue weighted by Crippen LogP contribution is -2.28. The van der Waals surface area contributed by atoms with Crippen LogP contribution in [-0.2, 0) is 11.3 Å². The van der Waals surface area contributed by atoms with Gasteiger partial charge in [-0.2, -0.15) is 0 Å². The number of nitrogens with one attached hydrogen (secondary N) is 2. The molecule has 0 bridgehead atoms. The van der Waals surface area contributed by atoms with Gasteiger partial charge >= 0.3 is 12.0 Å². The second kappa shape index (κ2) is 8.84. The summed E-state index contributed by atoms with van der Waals surface area (Å²) in [5, 5.41) is 6.27. The number of benzene rings is 2. The van der Waals surface area contributed by atoms with Crippen molar-refractivity contribution in [2.45, 2.75) is 20.4 Å². The van der Waals surface area contributed by atoms with Crippen molar-refractivity contribution in [2.24, 2.45) is 0 Å². The number of hydrogen-bond acceptors (Lipinski definition) is 3. The van der Waals surface area contributed by atoms with E-state index in [1.165, 1.54) is 7.11 Å². The molecule has 0 saturated heterocycles. The van der Waals surface area contributed by atoms with E-state index in [2.05, 4.69) is 15.2 Å². The minimum Gasteiger partial charge on any atom is -0.465 e. The van der Waals surface area contributed by atoms with E-state index in [0.717, 1.165) is 22.6 Å². The lowest BCUT2D eigenvalue weighted by Gasteiger charge is -2.11. The van der Waals surface area contributed by atoms with Crippen molar-refractivity contribution in [2.75, 3.05) is 12.4 Å². The summed E-state index contributed by atoms with van der Waals surface area (Å²) in [6.07, 6.45) is 0. The Morgan fingerprint density at radius 2 is 1.79 bits per heavy atom. The Labute approximate surface area is 174 Å². The number of urea groups is 1. The van der Waals surface area contributed by atoms with E-state index in [9.17, 15) is 9.59 Å². The monoisotopic (exact) mass is 411 g/mol. The molecule has 3 rings (SSSR count). The molecule has 0 aliphatic heterocycles. The third-order valence-corrected chi connectivity index (χ3v) is 4.85. The highest BCUT2D eigenvalue weighted by molar-refractivity contribution is 6.30. The normalized spacial score (nSPS) is 10.5. The third-order valence-electron chi connectivity index (χ3n) is 4.60. The summed E-state index contributed by atoms with van der Waals surface area (Å²) in [5.74, 6) is -0.455. The predicted molar refractivity (Wildman–Crippen MR) is 114 cm³/mol. The molecule has 0 saturated carbocycles. The SMILES string of the molecule is COC(=O)c1cccc(NC(=O)NCc2cc(C)n(-c3ccc(Cl)cc3)c2C)c1. The first kappa shape index (κ1) is 20.5. The van der Waals surface area contributed by atoms with Crippen LogP contribution < -0.4 is 10.6 Å². The quantitative estimate of drug-likeness (QED) is 0.589. The summed E-state index contributed by atoms with van der Waals surface area (Å²) in [6.45, 7) is 4.40. The Balaban J connectivity index is 1.67. The summed E-state index contributed by atoms with van der Waals surface area (Å²) in [5.41, 5.74) is 5.01. The van der Waals surface area contributed by atoms with Crippen molar-refractivity contribution in [3.63, 3.8) is 0 Å². The lowest BCUT2D eigenvalue weighted by atomic mass is 10.2. The van der Waals surface area contributed by atoms with Crippen molar-refractivity contribution in [3.8, 4) is 5.69 Å². The highest BCUT2D eigenvalue weighted by Crippen LogP contribution is 2.22. The summed E-state index contributed by atoms with van der Waals surface area (Å²) in [4.78, 5) is 23.9. The molecule has 0 fully saturated rings. The van der Waals surface area contributed by atoms with Crippen LogP contribution in [0.1, 0.15) is 27.3 Å². The lowest BCUT2D eigenvalue weighted by molar-refractivity contribution is 0.0600. The Bertz CT molecular complexity index is 1040. The van der Waals surface area contributed by atoms with Crippen LogP contribution in [0.5, 0.6) is 0 Å². The van der Waals surface area contributed by atoms with Crippen molar-refractivity contribution in [1.29, 1.82) is 0 Å². The van der Waals surface area contributed by atoms with Gasteiger partial charge in [-0.05, 0) is 67.9 Å². The van der Waals surface area contributed by atoms with Gasteiger partial charge in [0.15, 0.2) is 0 Å². The molecular weight excluding hydrogens is 390 g/mol. The number of methoxy groups -OCH3 is 1. The van der Waals surface area contributed by atoms with Crippen LogP contribution in [0.15, 0.2) is 54.6 Å². The standard InChI is InChI=1S/C22H22ClN3O3/c1-14-11-17(15(2)26(14)20-9-7-18(23)8-10-20)13-24-22(28)25-19-6-4-5-16(12-19)21(27)29-3/h4-12H,13H2,1-3H3,(H2,24,25,28). The Kier molecular flexibility index (Phi) is 6.24. The molecule has 150 valence electrons. The summed E-state index contributed by atoms with van der Waals surface area (Å²) in [7, 11) is 1.32. The third kappa shape index (κ3) is 4.78. The summed E-state index contributed by atoms with van der Waals surface area (Å²) < 4.78 is 6.81. The zero-order valence-corrected chi connectivity index (χ0v) is 17.2. The largest absolute Gasteiger partial charge is 0.465 e. The van der Waals surface area contributed by atoms with Crippen LogP contribution in [0.4, 0.5) is 10.5 Å². The minimum atomic E-state index is -0.455. The first-order valence-electron chi connectivity index (χ1n) is 9.06. The molecule has 2 N–H and O–H groups in total. The van der Waals surface area contributed by atoms with Gasteiger partial charge in [0.05, 0.1) is 12.7 Å². The number of hydrogen-bond donors (Lipinski definition) is 2. The summed E-state index contributed by atoms with van der Waals surface area (Å²) >= 11 is 5.98. The van der Waals surface area contributed by atoms with Gasteiger partial charge in [-0.15, -0.1) is 0 Å². The maximum Gasteiger partial charge on any atom is 0.337 e. The van der Waals surface area contributed by atoms with E-state index in [0.29, 0.717) is 22.8 Å². The molecule has 0 aliphatic rings. The fraction of sp³-hybridized carbons (Fsp3) is 0.182. The van der Waals surface area contributed by atoms with Crippen LogP contribution in [0.2, 0.25) is 5.02 Å². The predicted octanol–water partition coefficient (Wildman–Crippen LogP) is 4.86. The van der Waals surface area contributed by atoms with Crippen molar-refractivity contribution < 1.29 is 14.3 Å². The van der Waals surface area contributed by atoms with E-state index in [1.807, 2.05) is 44.2 Å². The van der Waals surface area contributed by atoms with Gasteiger partial charge in [-0.1, -0.05) is 17.7 Å². The second-order valence-corrected chi connectivity index (χ2v) is 7.02. The first-order chi connectivity index (χ1) is 13.9. The molecule has 7 heteroatoms. The Morgan fingerprint density at radius 1 is 1.07 bits per heavy atom. The number of rotatable bonds is 5. The van der Waals surface area contributed by atoms with Crippen LogP contribution in [0.3, 0.4) is 0 Å². The smallest absolute Gasteiger partial charge is 0.337 e. The van der Waals surface area contributed by atoms with Gasteiger partial charge in [0.25, 0.3) is 0 Å². The van der Waals surface area contributed by atoms with E-state index in [4.69, 9.17) is 16.3 Å². The molecule has 0 spiro atoms. The molecule has 0 aliphatic carbocycles. The number of nitrogens with zero attached hydrogens (tertiary/aromatic N) is 1. The number of aryl methyl sites for hydroxylation is 1. The molecular formula is C22H22ClN3O3. The van der Waals surface area contributed by atoms with Crippen molar-refractivity contribution in [3.05, 3.63) is 82.1 Å². The molecule has 3 aromatic rings. The molecule has 2 amide bonds. The Hall–Kier alpha value is -3.25. The number of anilines is 1. The van der Waals surface area contributed by atoms with E-state index in [1.54, 1.807) is 24.3 Å². The number of amides is 2. The molecule has 0 atom stereocenters. The van der Waals surface area contributed by atoms with Crippen LogP contribution >= 0.6 is 11.6 Å². The van der Waals surface area contributed by atoms with Gasteiger partial charge in [0.2, 0.25) is 0 Å². The van der Waals surface area contributed by atoms with E-state index in [-0.39, 0.29) is 6.03 Å². The Morgan fingerprint density at radius 3 is 2.48 bits per heavy atom. The van der Waals surface area contributed by atoms with Crippen LogP contribution in [0, 0.1) is 13.8 Å². The fourth-order valence-electron chi connectivity index (χ4n) is 3.19. The highest BCUT2D eigenvalue weighted by Gasteiger charge is 2.12. The zero-order chi connectivity index (χ0) is 21.0. The average molecular weight is 412 g/mol. The molecule has 1 heterocycles. The molecule has 1 aromatic heterocycles. The molecule has 29 heavy (non-hydrogen) atoms. The van der Waals surface area contributed by atoms with Gasteiger partial charge in [-0.3, -0.25) is 0 Å². The second-order valence-electron chi connectivity index (χ2n) is 6.59. The molecule has 6 nitrogen and oxygen atoms in total. The van der Waals surface area contributed by atoms with Crippen molar-refractivity contribution in [1.82, 2.24) is 9.88 Å². The molecule has 0 radical (unpaired) electrons. The number of aromatic nitrogens is 1. The van der Waals surface area contributed by atoms with Gasteiger partial charge in [0, 0.05) is 34.3 Å². The number of halogens is 1. The zero-order valence-electron chi connectivity index (χ0n) is 16.5. The molecule has 0 unspecified atom stereocenters. The van der Waals surface area contributed by atoms with E-state index >= 15 is 0 Å². The topological polar surface area (TPSA) is 72.4 Å². The number of carbonyl (C=O) groups is 2. The van der Waals surface area contributed by atoms with Crippen molar-refractivity contribution >= 4 is 29.3 Å². The number of carbonyl (C=O) groups excluding carboxylic acids is 2. The number of ether oxygens (including phenoxy) is 1. The molecule has 2 aromatic carbocycles. The van der Waals surface area contributed by atoms with E-state index < -0.39 is 5.97 Å². The fourth-order valence-corrected chi connectivity index (χ4v) is 3.31. The number of esters is 1. The van der Waals surface area contributed by atoms with Gasteiger partial charge in [0.1, 0.15) is 0 Å². The summed E-state index contributed by atoms with van der Waals surface area (Å²) in [6, 6.07) is 15.9. The average Bonchev–Trinajstić information content (AvgIpc) is 3.00. The highest BCUT2D eigenvalue weighted by atomic mass is 35.5. The van der Waals surface area contributed by atoms with Crippen LogP contribution in [-0.4, -0.2) is 23.7 Å². The van der Waals surface area contributed by atoms with Gasteiger partial charge in [-0.25, -0.2) is 9.59 Å². The first-order valence-corrected chi connectivity index (χ1v) is 9.44. The van der Waals surface area contributed by atoms with Gasteiger partial charge < -0.3 is 19.9 Å². The minimum absolute atomic E-state index is 0.358. The maximum atomic E-state index is 12.3. The van der Waals surface area contributed by atoms with Crippen LogP contribution in [0.25, 0.3) is 5.69 Å².